The predicted molar refractivity (Wildman–Crippen MR) is 51.2 cm³/mol. The summed E-state index contributed by atoms with van der Waals surface area (Å²) < 4.78 is 1.47. The molecule has 1 heterocycles. The molecule has 0 aliphatic carbocycles. The Balaban J connectivity index is 2.59. The third-order valence-electron chi connectivity index (χ3n) is 1.82. The van der Waals surface area contributed by atoms with Crippen molar-refractivity contribution in [3.8, 4) is 12.3 Å². The molecule has 5 nitrogen and oxygen atoms in total. The Labute approximate surface area is 82.5 Å². The SMILES string of the molecule is C#CC(C)NC(=O)C(C)n1cncn1. The van der Waals surface area contributed by atoms with E-state index in [0.29, 0.717) is 0 Å². The number of carbonyl (C=O) groups is 1. The van der Waals surface area contributed by atoms with Gasteiger partial charge in [-0.05, 0) is 13.8 Å². The van der Waals surface area contributed by atoms with Gasteiger partial charge in [-0.1, -0.05) is 5.92 Å². The number of nitrogens with zero attached hydrogens (tertiary/aromatic N) is 3. The Kier molecular flexibility index (Phi) is 3.24. The van der Waals surface area contributed by atoms with Gasteiger partial charge in [-0.2, -0.15) is 5.10 Å². The Morgan fingerprint density at radius 3 is 2.86 bits per heavy atom. The molecule has 0 saturated heterocycles. The molecular formula is C9H12N4O. The highest BCUT2D eigenvalue weighted by Gasteiger charge is 2.16. The predicted octanol–water partition coefficient (Wildman–Crippen LogP) is -0.0230. The fraction of sp³-hybridized carbons (Fsp3) is 0.444. The second-order valence-electron chi connectivity index (χ2n) is 2.95. The summed E-state index contributed by atoms with van der Waals surface area (Å²) in [5.74, 6) is 2.25. The molecule has 1 aromatic rings. The second kappa shape index (κ2) is 4.42. The first-order chi connectivity index (χ1) is 6.65. The van der Waals surface area contributed by atoms with Gasteiger partial charge in [0.05, 0.1) is 6.04 Å². The fourth-order valence-corrected chi connectivity index (χ4v) is 0.913. The first kappa shape index (κ1) is 10.3. The van der Waals surface area contributed by atoms with Gasteiger partial charge in [-0.15, -0.1) is 6.42 Å². The molecule has 1 rings (SSSR count). The molecule has 0 aromatic carbocycles. The molecule has 0 aliphatic heterocycles. The van der Waals surface area contributed by atoms with Crippen molar-refractivity contribution in [1.82, 2.24) is 20.1 Å². The Morgan fingerprint density at radius 2 is 2.36 bits per heavy atom. The molecule has 0 bridgehead atoms. The van der Waals surface area contributed by atoms with Crippen molar-refractivity contribution < 1.29 is 4.79 Å². The molecule has 0 spiro atoms. The minimum atomic E-state index is -0.395. The molecule has 5 heteroatoms. The maximum atomic E-state index is 11.5. The van der Waals surface area contributed by atoms with Gasteiger partial charge in [-0.25, -0.2) is 9.67 Å². The topological polar surface area (TPSA) is 59.8 Å². The van der Waals surface area contributed by atoms with Crippen LogP contribution in [-0.2, 0) is 4.79 Å². The summed E-state index contributed by atoms with van der Waals surface area (Å²) in [6.07, 6.45) is 8.01. The molecule has 0 aliphatic rings. The minimum Gasteiger partial charge on any atom is -0.341 e. The zero-order valence-corrected chi connectivity index (χ0v) is 8.14. The highest BCUT2D eigenvalue weighted by atomic mass is 16.2. The minimum absolute atomic E-state index is 0.166. The van der Waals surface area contributed by atoms with Gasteiger partial charge in [-0.3, -0.25) is 4.79 Å². The second-order valence-corrected chi connectivity index (χ2v) is 2.95. The average molecular weight is 192 g/mol. The van der Waals surface area contributed by atoms with Gasteiger partial charge >= 0.3 is 0 Å². The van der Waals surface area contributed by atoms with Crippen molar-refractivity contribution in [2.75, 3.05) is 0 Å². The van der Waals surface area contributed by atoms with Gasteiger partial charge in [0, 0.05) is 0 Å². The van der Waals surface area contributed by atoms with Gasteiger partial charge in [0.15, 0.2) is 0 Å². The lowest BCUT2D eigenvalue weighted by Gasteiger charge is -2.13. The maximum Gasteiger partial charge on any atom is 0.245 e. The quantitative estimate of drug-likeness (QED) is 0.684. The van der Waals surface area contributed by atoms with Crippen LogP contribution in [0.1, 0.15) is 19.9 Å². The average Bonchev–Trinajstić information content (AvgIpc) is 2.69. The standard InChI is InChI=1S/C9H12N4O/c1-4-7(2)12-9(14)8(3)13-6-10-5-11-13/h1,5-8H,2-3H3,(H,12,14). The highest BCUT2D eigenvalue weighted by molar-refractivity contribution is 5.80. The number of hydrogen-bond donors (Lipinski definition) is 1. The third-order valence-corrected chi connectivity index (χ3v) is 1.82. The number of hydrogen-bond acceptors (Lipinski definition) is 3. The first-order valence-electron chi connectivity index (χ1n) is 4.25. The van der Waals surface area contributed by atoms with Crippen LogP contribution in [-0.4, -0.2) is 26.7 Å². The molecule has 0 radical (unpaired) electrons. The number of aromatic nitrogens is 3. The van der Waals surface area contributed by atoms with Crippen LogP contribution in [0, 0.1) is 12.3 Å². The van der Waals surface area contributed by atoms with Crippen LogP contribution in [0.25, 0.3) is 0 Å². The largest absolute Gasteiger partial charge is 0.341 e. The summed E-state index contributed by atoms with van der Waals surface area (Å²) in [4.78, 5) is 15.3. The summed E-state index contributed by atoms with van der Waals surface area (Å²) >= 11 is 0. The monoisotopic (exact) mass is 192 g/mol. The van der Waals surface area contributed by atoms with E-state index in [1.165, 1.54) is 17.3 Å². The van der Waals surface area contributed by atoms with E-state index in [2.05, 4.69) is 21.3 Å². The number of nitrogens with one attached hydrogen (secondary N) is 1. The first-order valence-corrected chi connectivity index (χ1v) is 4.25. The zero-order valence-electron chi connectivity index (χ0n) is 8.14. The summed E-state index contributed by atoms with van der Waals surface area (Å²) in [6, 6.07) is -0.665. The van der Waals surface area contributed by atoms with Gasteiger partial charge in [0.1, 0.15) is 18.7 Å². The van der Waals surface area contributed by atoms with E-state index in [1.54, 1.807) is 13.8 Å². The molecule has 1 aromatic heterocycles. The van der Waals surface area contributed by atoms with Crippen molar-refractivity contribution >= 4 is 5.91 Å². The number of carbonyl (C=O) groups excluding carboxylic acids is 1. The molecule has 74 valence electrons. The van der Waals surface area contributed by atoms with Crippen LogP contribution in [0.3, 0.4) is 0 Å². The maximum absolute atomic E-state index is 11.5. The number of rotatable bonds is 3. The lowest BCUT2D eigenvalue weighted by atomic mass is 10.3. The smallest absolute Gasteiger partial charge is 0.245 e. The molecule has 0 saturated carbocycles. The van der Waals surface area contributed by atoms with E-state index in [1.807, 2.05) is 0 Å². The van der Waals surface area contributed by atoms with Crippen LogP contribution in [0.15, 0.2) is 12.7 Å². The molecular weight excluding hydrogens is 180 g/mol. The van der Waals surface area contributed by atoms with Gasteiger partial charge < -0.3 is 5.32 Å². The van der Waals surface area contributed by atoms with Crippen molar-refractivity contribution in [1.29, 1.82) is 0 Å². The van der Waals surface area contributed by atoms with Crippen LogP contribution < -0.4 is 5.32 Å². The van der Waals surface area contributed by atoms with Crippen LogP contribution >= 0.6 is 0 Å². The Morgan fingerprint density at radius 1 is 1.64 bits per heavy atom. The van der Waals surface area contributed by atoms with Crippen molar-refractivity contribution in [2.24, 2.45) is 0 Å². The van der Waals surface area contributed by atoms with E-state index in [9.17, 15) is 4.79 Å². The van der Waals surface area contributed by atoms with Crippen LogP contribution in [0.2, 0.25) is 0 Å². The molecule has 2 atom stereocenters. The summed E-state index contributed by atoms with van der Waals surface area (Å²) in [5.41, 5.74) is 0. The van der Waals surface area contributed by atoms with Crippen molar-refractivity contribution in [2.45, 2.75) is 25.9 Å². The van der Waals surface area contributed by atoms with Gasteiger partial charge in [0.2, 0.25) is 5.91 Å². The van der Waals surface area contributed by atoms with E-state index in [0.717, 1.165) is 0 Å². The third kappa shape index (κ3) is 2.33. The number of terminal acetylenes is 1. The summed E-state index contributed by atoms with van der Waals surface area (Å²) in [5, 5.41) is 6.52. The summed E-state index contributed by atoms with van der Waals surface area (Å²) in [6.45, 7) is 3.47. The lowest BCUT2D eigenvalue weighted by Crippen LogP contribution is -2.36. The van der Waals surface area contributed by atoms with Crippen molar-refractivity contribution in [3.05, 3.63) is 12.7 Å². The van der Waals surface area contributed by atoms with Gasteiger partial charge in [0.25, 0.3) is 0 Å². The molecule has 1 N–H and O–H groups in total. The van der Waals surface area contributed by atoms with E-state index >= 15 is 0 Å². The molecule has 0 fully saturated rings. The number of amides is 1. The zero-order chi connectivity index (χ0) is 10.6. The van der Waals surface area contributed by atoms with Crippen LogP contribution in [0.5, 0.6) is 0 Å². The van der Waals surface area contributed by atoms with E-state index in [4.69, 9.17) is 6.42 Å². The van der Waals surface area contributed by atoms with E-state index < -0.39 is 6.04 Å². The molecule has 2 unspecified atom stereocenters. The Bertz CT molecular complexity index is 338. The normalized spacial score (nSPS) is 14.1. The van der Waals surface area contributed by atoms with Crippen molar-refractivity contribution in [3.63, 3.8) is 0 Å². The summed E-state index contributed by atoms with van der Waals surface area (Å²) in [7, 11) is 0. The Hall–Kier alpha value is -1.83. The lowest BCUT2D eigenvalue weighted by molar-refractivity contribution is -0.124. The van der Waals surface area contributed by atoms with Crippen LogP contribution in [0.4, 0.5) is 0 Å². The van der Waals surface area contributed by atoms with E-state index in [-0.39, 0.29) is 11.9 Å². The molecule has 14 heavy (non-hydrogen) atoms. The fourth-order valence-electron chi connectivity index (χ4n) is 0.913. The highest BCUT2D eigenvalue weighted by Crippen LogP contribution is 2.01. The molecule has 1 amide bonds.